The standard InChI is InChI=1S/C15H23N3O4/c1-10(2)22-13-11(6-5-9-16-13)17-14(21)18-15(3,4)8-7-12(19)20/h5-6,9-10H,7-8H2,1-4H3,(H,19,20)(H2,17,18,21). The Morgan fingerprint density at radius 1 is 1.41 bits per heavy atom. The first-order valence-electron chi connectivity index (χ1n) is 7.12. The molecule has 0 aliphatic carbocycles. The second kappa shape index (κ2) is 7.63. The fraction of sp³-hybridized carbons (Fsp3) is 0.533. The molecule has 0 unspecified atom stereocenters. The number of anilines is 1. The van der Waals surface area contributed by atoms with E-state index in [1.807, 2.05) is 13.8 Å². The summed E-state index contributed by atoms with van der Waals surface area (Å²) in [7, 11) is 0. The zero-order valence-corrected chi connectivity index (χ0v) is 13.3. The van der Waals surface area contributed by atoms with Crippen LogP contribution in [0.15, 0.2) is 18.3 Å². The summed E-state index contributed by atoms with van der Waals surface area (Å²) < 4.78 is 5.52. The second-order valence-corrected chi connectivity index (χ2v) is 5.88. The average Bonchev–Trinajstić information content (AvgIpc) is 2.37. The molecule has 122 valence electrons. The molecule has 0 bridgehead atoms. The molecule has 0 aromatic carbocycles. The lowest BCUT2D eigenvalue weighted by Gasteiger charge is -2.26. The van der Waals surface area contributed by atoms with Gasteiger partial charge in [0.15, 0.2) is 0 Å². The minimum Gasteiger partial charge on any atom is -0.481 e. The number of amides is 2. The zero-order valence-electron chi connectivity index (χ0n) is 13.3. The quantitative estimate of drug-likeness (QED) is 0.719. The maximum Gasteiger partial charge on any atom is 0.319 e. The molecule has 0 atom stereocenters. The van der Waals surface area contributed by atoms with Crippen LogP contribution in [0.5, 0.6) is 5.88 Å². The Morgan fingerprint density at radius 3 is 2.68 bits per heavy atom. The highest BCUT2D eigenvalue weighted by molar-refractivity contribution is 5.91. The van der Waals surface area contributed by atoms with Gasteiger partial charge in [0, 0.05) is 18.2 Å². The van der Waals surface area contributed by atoms with E-state index < -0.39 is 17.5 Å². The van der Waals surface area contributed by atoms with Crippen LogP contribution in [-0.4, -0.2) is 33.7 Å². The molecule has 0 saturated carbocycles. The largest absolute Gasteiger partial charge is 0.481 e. The SMILES string of the molecule is CC(C)Oc1ncccc1NC(=O)NC(C)(C)CCC(=O)O. The molecule has 0 aliphatic rings. The maximum atomic E-state index is 12.1. The topological polar surface area (TPSA) is 101 Å². The van der Waals surface area contributed by atoms with Gasteiger partial charge in [-0.3, -0.25) is 4.79 Å². The van der Waals surface area contributed by atoms with E-state index in [2.05, 4.69) is 15.6 Å². The first kappa shape index (κ1) is 17.7. The third-order valence-corrected chi connectivity index (χ3v) is 2.78. The van der Waals surface area contributed by atoms with E-state index >= 15 is 0 Å². The van der Waals surface area contributed by atoms with Gasteiger partial charge in [-0.05, 0) is 46.2 Å². The smallest absolute Gasteiger partial charge is 0.319 e. The van der Waals surface area contributed by atoms with Gasteiger partial charge >= 0.3 is 12.0 Å². The molecule has 0 saturated heterocycles. The third-order valence-electron chi connectivity index (χ3n) is 2.78. The molecule has 1 heterocycles. The lowest BCUT2D eigenvalue weighted by atomic mass is 9.99. The third kappa shape index (κ3) is 6.43. The predicted molar refractivity (Wildman–Crippen MR) is 83.1 cm³/mol. The Morgan fingerprint density at radius 2 is 2.09 bits per heavy atom. The maximum absolute atomic E-state index is 12.1. The predicted octanol–water partition coefficient (Wildman–Crippen LogP) is 2.63. The van der Waals surface area contributed by atoms with E-state index in [0.717, 1.165) is 0 Å². The number of hydrogen-bond donors (Lipinski definition) is 3. The molecule has 1 rings (SSSR count). The van der Waals surface area contributed by atoms with Crippen LogP contribution >= 0.6 is 0 Å². The number of carboxylic acids is 1. The van der Waals surface area contributed by atoms with Crippen LogP contribution in [0.25, 0.3) is 0 Å². The Hall–Kier alpha value is -2.31. The Bertz CT molecular complexity index is 529. The van der Waals surface area contributed by atoms with Crippen molar-refractivity contribution in [2.45, 2.75) is 52.2 Å². The fourth-order valence-corrected chi connectivity index (χ4v) is 1.75. The molecule has 0 fully saturated rings. The number of urea groups is 1. The Kier molecular flexibility index (Phi) is 6.15. The van der Waals surface area contributed by atoms with Crippen LogP contribution in [0, 0.1) is 0 Å². The summed E-state index contributed by atoms with van der Waals surface area (Å²) in [6.07, 6.45) is 1.84. The molecule has 0 radical (unpaired) electrons. The van der Waals surface area contributed by atoms with Crippen LogP contribution in [-0.2, 0) is 4.79 Å². The fourth-order valence-electron chi connectivity index (χ4n) is 1.75. The van der Waals surface area contributed by atoms with Gasteiger partial charge in [0.05, 0.1) is 6.10 Å². The van der Waals surface area contributed by atoms with Crippen LogP contribution in [0.1, 0.15) is 40.5 Å². The first-order valence-corrected chi connectivity index (χ1v) is 7.12. The molecule has 0 aliphatic heterocycles. The van der Waals surface area contributed by atoms with Crippen molar-refractivity contribution in [3.05, 3.63) is 18.3 Å². The minimum absolute atomic E-state index is 0.0120. The van der Waals surface area contributed by atoms with E-state index in [1.165, 1.54) is 0 Å². The van der Waals surface area contributed by atoms with E-state index in [1.54, 1.807) is 32.2 Å². The van der Waals surface area contributed by atoms with Crippen LogP contribution in [0.4, 0.5) is 10.5 Å². The number of aliphatic carboxylic acids is 1. The highest BCUT2D eigenvalue weighted by Crippen LogP contribution is 2.22. The van der Waals surface area contributed by atoms with Crippen molar-refractivity contribution < 1.29 is 19.4 Å². The number of hydrogen-bond acceptors (Lipinski definition) is 4. The van der Waals surface area contributed by atoms with Crippen molar-refractivity contribution in [2.75, 3.05) is 5.32 Å². The first-order chi connectivity index (χ1) is 10.2. The molecule has 0 spiro atoms. The molecule has 3 N–H and O–H groups in total. The van der Waals surface area contributed by atoms with Gasteiger partial charge in [-0.2, -0.15) is 0 Å². The van der Waals surface area contributed by atoms with E-state index in [-0.39, 0.29) is 12.5 Å². The van der Waals surface area contributed by atoms with Crippen molar-refractivity contribution in [3.63, 3.8) is 0 Å². The molecule has 1 aromatic rings. The number of nitrogens with one attached hydrogen (secondary N) is 2. The molecule has 1 aromatic heterocycles. The number of carboxylic acid groups (broad SMARTS) is 1. The highest BCUT2D eigenvalue weighted by Gasteiger charge is 2.22. The van der Waals surface area contributed by atoms with Gasteiger partial charge in [-0.15, -0.1) is 0 Å². The second-order valence-electron chi connectivity index (χ2n) is 5.88. The zero-order chi connectivity index (χ0) is 16.8. The summed E-state index contributed by atoms with van der Waals surface area (Å²) in [4.78, 5) is 26.8. The Labute approximate surface area is 130 Å². The molecular formula is C15H23N3O4. The summed E-state index contributed by atoms with van der Waals surface area (Å²) in [5.41, 5.74) is -0.174. The lowest BCUT2D eigenvalue weighted by molar-refractivity contribution is -0.137. The average molecular weight is 309 g/mol. The molecular weight excluding hydrogens is 286 g/mol. The molecule has 22 heavy (non-hydrogen) atoms. The van der Waals surface area contributed by atoms with Crippen molar-refractivity contribution >= 4 is 17.7 Å². The molecule has 7 nitrogen and oxygen atoms in total. The van der Waals surface area contributed by atoms with E-state index in [9.17, 15) is 9.59 Å². The molecule has 2 amide bonds. The molecule has 7 heteroatoms. The number of pyridine rings is 1. The van der Waals surface area contributed by atoms with Crippen LogP contribution < -0.4 is 15.4 Å². The number of aromatic nitrogens is 1. The van der Waals surface area contributed by atoms with Gasteiger partial charge in [-0.1, -0.05) is 0 Å². The van der Waals surface area contributed by atoms with Gasteiger partial charge in [-0.25, -0.2) is 9.78 Å². The lowest BCUT2D eigenvalue weighted by Crippen LogP contribution is -2.45. The van der Waals surface area contributed by atoms with Crippen molar-refractivity contribution in [2.24, 2.45) is 0 Å². The summed E-state index contributed by atoms with van der Waals surface area (Å²) in [5.74, 6) is -0.550. The van der Waals surface area contributed by atoms with E-state index in [4.69, 9.17) is 9.84 Å². The summed E-state index contributed by atoms with van der Waals surface area (Å²) in [5, 5.41) is 14.1. The number of nitrogens with zero attached hydrogens (tertiary/aromatic N) is 1. The number of carbonyl (C=O) groups is 2. The van der Waals surface area contributed by atoms with Crippen LogP contribution in [0.2, 0.25) is 0 Å². The van der Waals surface area contributed by atoms with Gasteiger partial charge < -0.3 is 20.5 Å². The Balaban J connectivity index is 2.67. The number of carbonyl (C=O) groups excluding carboxylic acids is 1. The van der Waals surface area contributed by atoms with Crippen LogP contribution in [0.3, 0.4) is 0 Å². The van der Waals surface area contributed by atoms with Crippen molar-refractivity contribution in [1.82, 2.24) is 10.3 Å². The van der Waals surface area contributed by atoms with E-state index in [0.29, 0.717) is 18.0 Å². The summed E-state index contributed by atoms with van der Waals surface area (Å²) in [6, 6.07) is 2.95. The summed E-state index contributed by atoms with van der Waals surface area (Å²) >= 11 is 0. The van der Waals surface area contributed by atoms with Gasteiger partial charge in [0.1, 0.15) is 5.69 Å². The highest BCUT2D eigenvalue weighted by atomic mass is 16.5. The number of ether oxygens (including phenoxy) is 1. The van der Waals surface area contributed by atoms with Gasteiger partial charge in [0.2, 0.25) is 5.88 Å². The van der Waals surface area contributed by atoms with Gasteiger partial charge in [0.25, 0.3) is 0 Å². The minimum atomic E-state index is -0.893. The van der Waals surface area contributed by atoms with Crippen molar-refractivity contribution in [3.8, 4) is 5.88 Å². The normalized spacial score (nSPS) is 11.1. The summed E-state index contributed by atoms with van der Waals surface area (Å²) in [6.45, 7) is 7.27. The number of rotatable bonds is 7. The monoisotopic (exact) mass is 309 g/mol. The van der Waals surface area contributed by atoms with Crippen molar-refractivity contribution in [1.29, 1.82) is 0 Å².